The van der Waals surface area contributed by atoms with Gasteiger partial charge in [-0.15, -0.1) is 0 Å². The average molecular weight is 689 g/mol. The van der Waals surface area contributed by atoms with Crippen LogP contribution in [0.3, 0.4) is 0 Å². The van der Waals surface area contributed by atoms with Crippen LogP contribution in [-0.4, -0.2) is 19.9 Å². The van der Waals surface area contributed by atoms with Gasteiger partial charge < -0.3 is 0 Å². The fourth-order valence-corrected chi connectivity index (χ4v) is 7.58. The summed E-state index contributed by atoms with van der Waals surface area (Å²) in [6, 6.07) is 60.0. The zero-order valence-electron chi connectivity index (χ0n) is 29.3. The molecule has 3 heterocycles. The van der Waals surface area contributed by atoms with Gasteiger partial charge in [0.1, 0.15) is 0 Å². The van der Waals surface area contributed by atoms with E-state index in [0.29, 0.717) is 0 Å². The normalized spacial score (nSPS) is 11.3. The number of aromatic nitrogens is 4. The fraction of sp³-hybridized carbons (Fsp3) is 0. The summed E-state index contributed by atoms with van der Waals surface area (Å²) < 4.78 is 0. The van der Waals surface area contributed by atoms with E-state index in [9.17, 15) is 0 Å². The van der Waals surface area contributed by atoms with E-state index in [1.54, 1.807) is 12.4 Å². The van der Waals surface area contributed by atoms with Gasteiger partial charge in [-0.1, -0.05) is 146 Å². The summed E-state index contributed by atoms with van der Waals surface area (Å²) in [4.78, 5) is 19.6. The van der Waals surface area contributed by atoms with Crippen molar-refractivity contribution in [3.63, 3.8) is 0 Å². The van der Waals surface area contributed by atoms with Crippen molar-refractivity contribution in [1.82, 2.24) is 19.9 Å². The highest BCUT2D eigenvalue weighted by Crippen LogP contribution is 2.42. The van der Waals surface area contributed by atoms with Crippen LogP contribution in [0.2, 0.25) is 0 Å². The highest BCUT2D eigenvalue weighted by molar-refractivity contribution is 6.08. The molecule has 0 unspecified atom stereocenters. The Hall–Kier alpha value is -7.30. The minimum absolute atomic E-state index is 0.830. The Morgan fingerprint density at radius 2 is 0.704 bits per heavy atom. The van der Waals surface area contributed by atoms with E-state index in [1.807, 2.05) is 24.5 Å². The van der Waals surface area contributed by atoms with Gasteiger partial charge in [-0.25, -0.2) is 9.97 Å². The first-order valence-corrected chi connectivity index (χ1v) is 18.1. The minimum atomic E-state index is 0.830. The molecule has 0 bridgehead atoms. The fourth-order valence-electron chi connectivity index (χ4n) is 7.58. The number of rotatable bonds is 6. The molecular formula is C50H32N4. The van der Waals surface area contributed by atoms with Gasteiger partial charge in [-0.3, -0.25) is 9.97 Å². The molecular weight excluding hydrogens is 657 g/mol. The van der Waals surface area contributed by atoms with Crippen molar-refractivity contribution in [3.05, 3.63) is 195 Å². The first kappa shape index (κ1) is 31.4. The number of pyridine rings is 2. The highest BCUT2D eigenvalue weighted by atomic mass is 14.8. The van der Waals surface area contributed by atoms with Crippen LogP contribution in [0.1, 0.15) is 0 Å². The minimum Gasteiger partial charge on any atom is -0.264 e. The quantitative estimate of drug-likeness (QED) is 0.174. The summed E-state index contributed by atoms with van der Waals surface area (Å²) >= 11 is 0. The lowest BCUT2D eigenvalue weighted by Crippen LogP contribution is -1.98. The molecule has 0 aliphatic carbocycles. The third-order valence-electron chi connectivity index (χ3n) is 10.3. The van der Waals surface area contributed by atoms with E-state index in [-0.39, 0.29) is 0 Å². The van der Waals surface area contributed by atoms with E-state index in [2.05, 4.69) is 168 Å². The lowest BCUT2D eigenvalue weighted by atomic mass is 9.88. The van der Waals surface area contributed by atoms with Gasteiger partial charge in [-0.05, 0) is 90.3 Å². The maximum Gasteiger partial charge on any atom is 0.0973 e. The Morgan fingerprint density at radius 3 is 1.13 bits per heavy atom. The van der Waals surface area contributed by atoms with Crippen LogP contribution < -0.4 is 0 Å². The van der Waals surface area contributed by atoms with Crippen LogP contribution in [0.25, 0.3) is 99.6 Å². The first-order valence-electron chi connectivity index (χ1n) is 18.1. The molecule has 0 amide bonds. The number of benzene rings is 7. The van der Waals surface area contributed by atoms with E-state index in [0.717, 1.165) is 78.1 Å². The van der Waals surface area contributed by atoms with Gasteiger partial charge in [0.25, 0.3) is 0 Å². The van der Waals surface area contributed by atoms with E-state index < -0.39 is 0 Å². The monoisotopic (exact) mass is 688 g/mol. The molecule has 3 aromatic heterocycles. The van der Waals surface area contributed by atoms with Crippen LogP contribution in [-0.2, 0) is 0 Å². The van der Waals surface area contributed by atoms with E-state index in [4.69, 9.17) is 9.97 Å². The zero-order chi connectivity index (χ0) is 35.8. The summed E-state index contributed by atoms with van der Waals surface area (Å²) in [5.74, 6) is 0. The Morgan fingerprint density at radius 1 is 0.296 bits per heavy atom. The van der Waals surface area contributed by atoms with Crippen LogP contribution in [0.5, 0.6) is 0 Å². The second-order valence-electron chi connectivity index (χ2n) is 13.5. The average Bonchev–Trinajstić information content (AvgIpc) is 3.26. The highest BCUT2D eigenvalue weighted by Gasteiger charge is 2.19. The van der Waals surface area contributed by atoms with Crippen LogP contribution in [0.15, 0.2) is 195 Å². The lowest BCUT2D eigenvalue weighted by molar-refractivity contribution is 1.29. The molecule has 7 aromatic carbocycles. The van der Waals surface area contributed by atoms with Gasteiger partial charge in [0.05, 0.1) is 22.4 Å². The molecule has 252 valence electrons. The first-order chi connectivity index (χ1) is 26.8. The molecule has 0 atom stereocenters. The second kappa shape index (κ2) is 13.4. The summed E-state index contributed by atoms with van der Waals surface area (Å²) in [6.07, 6.45) is 7.38. The van der Waals surface area contributed by atoms with Gasteiger partial charge >= 0.3 is 0 Å². The van der Waals surface area contributed by atoms with Gasteiger partial charge in [0.2, 0.25) is 0 Å². The lowest BCUT2D eigenvalue weighted by Gasteiger charge is -2.17. The zero-order valence-corrected chi connectivity index (χ0v) is 29.3. The molecule has 0 aliphatic heterocycles. The molecule has 4 nitrogen and oxygen atoms in total. The Bertz CT molecular complexity index is 2740. The summed E-state index contributed by atoms with van der Waals surface area (Å²) in [6.45, 7) is 0. The predicted molar refractivity (Wildman–Crippen MR) is 223 cm³/mol. The van der Waals surface area contributed by atoms with E-state index >= 15 is 0 Å². The standard InChI is InChI=1S/C50H32N4/c1-3-15-41-35(9-1)11-5-17-43(41)45-29-47-48(30-46(45)44-18-6-12-36-10-2-4-16-42(36)44)54-50(38-25-21-34(22-26-38)40-14-8-28-52-32-40)49(53-47)37-23-19-33(20-24-37)39-13-7-27-51-31-39/h1-32H. The summed E-state index contributed by atoms with van der Waals surface area (Å²) in [5, 5.41) is 4.80. The molecule has 10 aromatic rings. The van der Waals surface area contributed by atoms with Gasteiger partial charge in [0, 0.05) is 35.9 Å². The smallest absolute Gasteiger partial charge is 0.0973 e. The van der Waals surface area contributed by atoms with Crippen molar-refractivity contribution in [1.29, 1.82) is 0 Å². The molecule has 0 aliphatic rings. The SMILES string of the molecule is c1cncc(-c2ccc(-c3nc4cc(-c5cccc6ccccc56)c(-c5cccc6ccccc56)cc4nc3-c3ccc(-c4cccnc4)cc3)cc2)c1. The third-order valence-corrected chi connectivity index (χ3v) is 10.3. The maximum atomic E-state index is 5.48. The Kier molecular flexibility index (Phi) is 7.77. The summed E-state index contributed by atoms with van der Waals surface area (Å²) in [7, 11) is 0. The third kappa shape index (κ3) is 5.67. The molecule has 0 fully saturated rings. The largest absolute Gasteiger partial charge is 0.264 e. The van der Waals surface area contributed by atoms with Crippen molar-refractivity contribution in [3.8, 4) is 67.0 Å². The number of fused-ring (bicyclic) bond motifs is 3. The molecule has 0 spiro atoms. The number of hydrogen-bond donors (Lipinski definition) is 0. The molecule has 4 heteroatoms. The van der Waals surface area contributed by atoms with Crippen molar-refractivity contribution in [2.24, 2.45) is 0 Å². The van der Waals surface area contributed by atoms with Gasteiger partial charge in [-0.2, -0.15) is 0 Å². The molecule has 0 N–H and O–H groups in total. The molecule has 10 rings (SSSR count). The Labute approximate surface area is 313 Å². The van der Waals surface area contributed by atoms with Crippen LogP contribution >= 0.6 is 0 Å². The van der Waals surface area contributed by atoms with Crippen LogP contribution in [0.4, 0.5) is 0 Å². The second-order valence-corrected chi connectivity index (χ2v) is 13.5. The predicted octanol–water partition coefficient (Wildman–Crippen LogP) is 12.7. The summed E-state index contributed by atoms with van der Waals surface area (Å²) in [5.41, 5.74) is 14.2. The van der Waals surface area contributed by atoms with Crippen molar-refractivity contribution in [2.45, 2.75) is 0 Å². The maximum absolute atomic E-state index is 5.48. The van der Waals surface area contributed by atoms with Crippen molar-refractivity contribution in [2.75, 3.05) is 0 Å². The number of hydrogen-bond acceptors (Lipinski definition) is 4. The number of nitrogens with zero attached hydrogens (tertiary/aromatic N) is 4. The topological polar surface area (TPSA) is 51.6 Å². The van der Waals surface area contributed by atoms with Crippen LogP contribution in [0, 0.1) is 0 Å². The van der Waals surface area contributed by atoms with Crippen molar-refractivity contribution < 1.29 is 0 Å². The molecule has 0 radical (unpaired) electrons. The molecule has 0 saturated carbocycles. The molecule has 0 saturated heterocycles. The Balaban J connectivity index is 1.23. The van der Waals surface area contributed by atoms with Gasteiger partial charge in [0.15, 0.2) is 0 Å². The molecule has 54 heavy (non-hydrogen) atoms. The van der Waals surface area contributed by atoms with Crippen molar-refractivity contribution >= 4 is 32.6 Å². The van der Waals surface area contributed by atoms with E-state index in [1.165, 1.54) is 21.5 Å².